The molecule has 0 aliphatic carbocycles. The molecule has 1 fully saturated rings. The molecule has 0 saturated carbocycles. The standard InChI is InChI=1S/C23H30N4O2.HI/c1-17-15-27(10-12-28-17)16-19-6-4-5-18(13-19)14-25-23(24)26-21-9-11-29-22-8-3-2-7-20(21)22;/h2-8,13,17,21H,9-12,14-16H2,1H3,(H3,24,25,26);1H. The van der Waals surface area contributed by atoms with Gasteiger partial charge in [0.1, 0.15) is 5.75 Å². The highest BCUT2D eigenvalue weighted by atomic mass is 127. The second-order valence-electron chi connectivity index (χ2n) is 7.81. The number of ether oxygens (including phenoxy) is 2. The first kappa shape index (κ1) is 22.8. The minimum absolute atomic E-state index is 0. The average Bonchev–Trinajstić information content (AvgIpc) is 2.73. The lowest BCUT2D eigenvalue weighted by molar-refractivity contribution is -0.0212. The normalized spacial score (nSPS) is 21.8. The Labute approximate surface area is 195 Å². The zero-order chi connectivity index (χ0) is 20.1. The lowest BCUT2D eigenvalue weighted by atomic mass is 10.0. The Morgan fingerprint density at radius 1 is 1.17 bits per heavy atom. The van der Waals surface area contributed by atoms with E-state index in [0.29, 0.717) is 25.2 Å². The van der Waals surface area contributed by atoms with E-state index in [0.717, 1.165) is 44.0 Å². The molecule has 4 rings (SSSR count). The van der Waals surface area contributed by atoms with Crippen LogP contribution in [0.5, 0.6) is 5.75 Å². The largest absolute Gasteiger partial charge is 0.493 e. The van der Waals surface area contributed by atoms with Crippen molar-refractivity contribution in [2.24, 2.45) is 10.7 Å². The van der Waals surface area contributed by atoms with Gasteiger partial charge in [0.05, 0.1) is 31.9 Å². The first-order chi connectivity index (χ1) is 14.2. The van der Waals surface area contributed by atoms with Crippen LogP contribution in [0.4, 0.5) is 0 Å². The second kappa shape index (κ2) is 11.0. The maximum absolute atomic E-state index is 6.19. The SMILES string of the molecule is CC1CN(Cc2cccc(CN=C(N)NC3CCOc4ccccc43)c2)CCO1.I. The minimum atomic E-state index is 0. The third kappa shape index (κ3) is 6.09. The Bertz CT molecular complexity index is 861. The van der Waals surface area contributed by atoms with Crippen molar-refractivity contribution in [1.82, 2.24) is 10.2 Å². The highest BCUT2D eigenvalue weighted by Crippen LogP contribution is 2.31. The summed E-state index contributed by atoms with van der Waals surface area (Å²) in [5.74, 6) is 1.40. The van der Waals surface area contributed by atoms with Crippen molar-refractivity contribution in [2.75, 3.05) is 26.3 Å². The van der Waals surface area contributed by atoms with E-state index < -0.39 is 0 Å². The molecular formula is C23H31IN4O2. The molecule has 6 nitrogen and oxygen atoms in total. The third-order valence-electron chi connectivity index (χ3n) is 5.44. The van der Waals surface area contributed by atoms with Gasteiger partial charge in [0.15, 0.2) is 5.96 Å². The van der Waals surface area contributed by atoms with Crippen LogP contribution in [0.3, 0.4) is 0 Å². The Morgan fingerprint density at radius 3 is 2.87 bits per heavy atom. The van der Waals surface area contributed by atoms with Crippen LogP contribution in [-0.4, -0.2) is 43.3 Å². The molecule has 2 unspecified atom stereocenters. The predicted molar refractivity (Wildman–Crippen MR) is 130 cm³/mol. The highest BCUT2D eigenvalue weighted by molar-refractivity contribution is 14.0. The maximum Gasteiger partial charge on any atom is 0.189 e. The van der Waals surface area contributed by atoms with Gasteiger partial charge in [-0.1, -0.05) is 42.5 Å². The molecule has 2 aliphatic heterocycles. The van der Waals surface area contributed by atoms with Crippen LogP contribution >= 0.6 is 24.0 Å². The highest BCUT2D eigenvalue weighted by Gasteiger charge is 2.21. The number of halogens is 1. The number of fused-ring (bicyclic) bond motifs is 1. The molecule has 1 saturated heterocycles. The van der Waals surface area contributed by atoms with Crippen LogP contribution < -0.4 is 15.8 Å². The zero-order valence-electron chi connectivity index (χ0n) is 17.4. The Kier molecular flexibility index (Phi) is 8.35. The monoisotopic (exact) mass is 522 g/mol. The topological polar surface area (TPSA) is 72.1 Å². The van der Waals surface area contributed by atoms with Crippen molar-refractivity contribution in [3.05, 3.63) is 65.2 Å². The fraction of sp³-hybridized carbons (Fsp3) is 0.435. The molecule has 30 heavy (non-hydrogen) atoms. The number of hydrogen-bond acceptors (Lipinski definition) is 4. The van der Waals surface area contributed by atoms with Gasteiger partial charge >= 0.3 is 0 Å². The van der Waals surface area contributed by atoms with Gasteiger partial charge in [-0.3, -0.25) is 4.90 Å². The summed E-state index contributed by atoms with van der Waals surface area (Å²) in [6, 6.07) is 16.8. The smallest absolute Gasteiger partial charge is 0.189 e. The van der Waals surface area contributed by atoms with Gasteiger partial charge in [-0.05, 0) is 24.1 Å². The van der Waals surface area contributed by atoms with E-state index in [1.807, 2.05) is 18.2 Å². The Hall–Kier alpha value is -1.84. The van der Waals surface area contributed by atoms with Gasteiger partial charge in [0.25, 0.3) is 0 Å². The molecule has 2 heterocycles. The molecule has 0 aromatic heterocycles. The number of benzene rings is 2. The molecule has 2 aromatic rings. The van der Waals surface area contributed by atoms with E-state index in [2.05, 4.69) is 52.5 Å². The number of nitrogens with zero attached hydrogens (tertiary/aromatic N) is 2. The van der Waals surface area contributed by atoms with Crippen molar-refractivity contribution < 1.29 is 9.47 Å². The summed E-state index contributed by atoms with van der Waals surface area (Å²) in [4.78, 5) is 7.01. The number of nitrogens with two attached hydrogens (primary N) is 1. The number of para-hydroxylation sites is 1. The fourth-order valence-electron chi connectivity index (χ4n) is 4.01. The van der Waals surface area contributed by atoms with Crippen LogP contribution in [0.15, 0.2) is 53.5 Å². The number of hydrogen-bond donors (Lipinski definition) is 2. The fourth-order valence-corrected chi connectivity index (χ4v) is 4.01. The quantitative estimate of drug-likeness (QED) is 0.358. The molecule has 0 bridgehead atoms. The summed E-state index contributed by atoms with van der Waals surface area (Å²) < 4.78 is 11.3. The molecule has 2 aliphatic rings. The van der Waals surface area contributed by atoms with Crippen LogP contribution in [0, 0.1) is 0 Å². The van der Waals surface area contributed by atoms with Crippen molar-refractivity contribution in [3.8, 4) is 5.75 Å². The van der Waals surface area contributed by atoms with Crippen LogP contribution in [0.25, 0.3) is 0 Å². The van der Waals surface area contributed by atoms with Gasteiger partial charge in [-0.15, -0.1) is 24.0 Å². The Balaban J connectivity index is 0.00000256. The van der Waals surface area contributed by atoms with Crippen LogP contribution in [-0.2, 0) is 17.8 Å². The average molecular weight is 522 g/mol. The molecule has 7 heteroatoms. The molecule has 3 N–H and O–H groups in total. The van der Waals surface area contributed by atoms with E-state index in [1.165, 1.54) is 11.1 Å². The third-order valence-corrected chi connectivity index (χ3v) is 5.44. The number of guanidine groups is 1. The molecular weight excluding hydrogens is 491 g/mol. The van der Waals surface area contributed by atoms with Gasteiger partial charge < -0.3 is 20.5 Å². The van der Waals surface area contributed by atoms with Crippen molar-refractivity contribution in [1.29, 1.82) is 0 Å². The summed E-state index contributed by atoms with van der Waals surface area (Å²) in [5, 5.41) is 3.36. The number of morpholine rings is 1. The van der Waals surface area contributed by atoms with Gasteiger partial charge in [-0.2, -0.15) is 0 Å². The molecule has 0 radical (unpaired) electrons. The number of rotatable bonds is 5. The first-order valence-corrected chi connectivity index (χ1v) is 10.4. The summed E-state index contributed by atoms with van der Waals surface area (Å²) in [5.41, 5.74) is 9.80. The number of aliphatic imine (C=N–C) groups is 1. The number of nitrogens with one attached hydrogen (secondary N) is 1. The summed E-state index contributed by atoms with van der Waals surface area (Å²) >= 11 is 0. The lowest BCUT2D eigenvalue weighted by Crippen LogP contribution is -2.40. The summed E-state index contributed by atoms with van der Waals surface area (Å²) in [7, 11) is 0. The zero-order valence-corrected chi connectivity index (χ0v) is 19.8. The van der Waals surface area contributed by atoms with Crippen LogP contribution in [0.2, 0.25) is 0 Å². The van der Waals surface area contributed by atoms with Gasteiger partial charge in [0, 0.05) is 31.6 Å². The van der Waals surface area contributed by atoms with E-state index in [4.69, 9.17) is 15.2 Å². The molecule has 0 spiro atoms. The van der Waals surface area contributed by atoms with E-state index in [1.54, 1.807) is 0 Å². The molecule has 0 amide bonds. The second-order valence-corrected chi connectivity index (χ2v) is 7.81. The molecule has 2 aromatic carbocycles. The van der Waals surface area contributed by atoms with Crippen molar-refractivity contribution in [2.45, 2.75) is 38.6 Å². The summed E-state index contributed by atoms with van der Waals surface area (Å²) in [6.45, 7) is 7.09. The lowest BCUT2D eigenvalue weighted by Gasteiger charge is -2.31. The maximum atomic E-state index is 6.19. The molecule has 162 valence electrons. The van der Waals surface area contributed by atoms with Gasteiger partial charge in [0.2, 0.25) is 0 Å². The minimum Gasteiger partial charge on any atom is -0.493 e. The Morgan fingerprint density at radius 2 is 2.00 bits per heavy atom. The van der Waals surface area contributed by atoms with E-state index >= 15 is 0 Å². The predicted octanol–water partition coefficient (Wildman–Crippen LogP) is 3.45. The molecule has 2 atom stereocenters. The van der Waals surface area contributed by atoms with E-state index in [9.17, 15) is 0 Å². The summed E-state index contributed by atoms with van der Waals surface area (Å²) in [6.07, 6.45) is 1.18. The van der Waals surface area contributed by atoms with Crippen molar-refractivity contribution in [3.63, 3.8) is 0 Å². The van der Waals surface area contributed by atoms with E-state index in [-0.39, 0.29) is 30.0 Å². The van der Waals surface area contributed by atoms with Crippen LogP contribution in [0.1, 0.15) is 36.1 Å². The van der Waals surface area contributed by atoms with Gasteiger partial charge in [-0.25, -0.2) is 4.99 Å². The first-order valence-electron chi connectivity index (χ1n) is 10.4. The van der Waals surface area contributed by atoms with Crippen molar-refractivity contribution >= 4 is 29.9 Å².